The molecule has 2 aromatic rings. The van der Waals surface area contributed by atoms with Crippen molar-refractivity contribution >= 4 is 39.4 Å². The minimum absolute atomic E-state index is 0.136. The van der Waals surface area contributed by atoms with Gasteiger partial charge in [0.2, 0.25) is 0 Å². The quantitative estimate of drug-likeness (QED) is 0.586. The van der Waals surface area contributed by atoms with E-state index in [4.69, 9.17) is 21.1 Å². The number of methoxy groups -OCH3 is 2. The Kier molecular flexibility index (Phi) is 5.69. The number of carbonyl (C=O) groups is 1. The van der Waals surface area contributed by atoms with E-state index in [1.54, 1.807) is 30.3 Å². The number of benzene rings is 2. The van der Waals surface area contributed by atoms with E-state index < -0.39 is 0 Å². The fourth-order valence-electron chi connectivity index (χ4n) is 1.94. The maximum absolute atomic E-state index is 12.4. The maximum atomic E-state index is 12.4. The van der Waals surface area contributed by atoms with Crippen LogP contribution in [-0.4, -0.2) is 25.1 Å². The number of aromatic hydroxyl groups is 1. The summed E-state index contributed by atoms with van der Waals surface area (Å²) in [7, 11) is 2.96. The number of hydrogen-bond donors (Lipinski definition) is 1. The lowest BCUT2D eigenvalue weighted by molar-refractivity contribution is 0.104. The average Bonchev–Trinajstić information content (AvgIpc) is 2.55. The first-order valence-electron chi connectivity index (χ1n) is 6.58. The molecule has 0 saturated heterocycles. The fourth-order valence-corrected chi connectivity index (χ4v) is 2.58. The smallest absolute Gasteiger partial charge is 0.189 e. The van der Waals surface area contributed by atoms with Crippen molar-refractivity contribution in [2.75, 3.05) is 14.2 Å². The minimum atomic E-state index is -0.254. The Morgan fingerprint density at radius 3 is 2.48 bits per heavy atom. The molecule has 0 radical (unpaired) electrons. The van der Waals surface area contributed by atoms with Crippen LogP contribution in [0.5, 0.6) is 17.2 Å². The van der Waals surface area contributed by atoms with Gasteiger partial charge in [-0.3, -0.25) is 4.79 Å². The van der Waals surface area contributed by atoms with Gasteiger partial charge in [-0.15, -0.1) is 0 Å². The highest BCUT2D eigenvalue weighted by Crippen LogP contribution is 2.33. The lowest BCUT2D eigenvalue weighted by Crippen LogP contribution is -2.00. The van der Waals surface area contributed by atoms with Crippen LogP contribution in [0.4, 0.5) is 0 Å². The molecule has 1 N–H and O–H groups in total. The molecule has 0 fully saturated rings. The van der Waals surface area contributed by atoms with Gasteiger partial charge in [-0.1, -0.05) is 23.7 Å². The van der Waals surface area contributed by atoms with Crippen LogP contribution in [0.25, 0.3) is 6.08 Å². The number of rotatable bonds is 5. The summed E-state index contributed by atoms with van der Waals surface area (Å²) in [6.07, 6.45) is 3.06. The van der Waals surface area contributed by atoms with Gasteiger partial charge in [0.25, 0.3) is 0 Å². The van der Waals surface area contributed by atoms with Crippen LogP contribution in [0.3, 0.4) is 0 Å². The van der Waals surface area contributed by atoms with Crippen molar-refractivity contribution in [3.05, 3.63) is 57.0 Å². The first kappa shape index (κ1) is 17.4. The molecule has 0 aliphatic carbocycles. The summed E-state index contributed by atoms with van der Waals surface area (Å²) in [6, 6.07) is 8.03. The van der Waals surface area contributed by atoms with E-state index in [2.05, 4.69) is 15.9 Å². The van der Waals surface area contributed by atoms with Gasteiger partial charge in [0.1, 0.15) is 17.2 Å². The summed E-state index contributed by atoms with van der Waals surface area (Å²) in [5.74, 6) is 0.701. The molecule has 2 rings (SSSR count). The van der Waals surface area contributed by atoms with Gasteiger partial charge in [0.05, 0.1) is 29.3 Å². The molecule has 4 nitrogen and oxygen atoms in total. The third kappa shape index (κ3) is 4.06. The Morgan fingerprint density at radius 1 is 1.17 bits per heavy atom. The summed E-state index contributed by atoms with van der Waals surface area (Å²) in [6.45, 7) is 0. The summed E-state index contributed by atoms with van der Waals surface area (Å²) in [5.41, 5.74) is 1.11. The number of ketones is 1. The van der Waals surface area contributed by atoms with Crippen molar-refractivity contribution in [2.45, 2.75) is 0 Å². The summed E-state index contributed by atoms with van der Waals surface area (Å²) in [5, 5.41) is 9.80. The first-order valence-corrected chi connectivity index (χ1v) is 7.75. The number of hydrogen-bond acceptors (Lipinski definition) is 4. The van der Waals surface area contributed by atoms with Gasteiger partial charge in [0, 0.05) is 6.07 Å². The van der Waals surface area contributed by atoms with E-state index in [1.807, 2.05) is 0 Å². The minimum Gasteiger partial charge on any atom is -0.507 e. The molecule has 0 bridgehead atoms. The third-order valence-electron chi connectivity index (χ3n) is 3.14. The van der Waals surface area contributed by atoms with Gasteiger partial charge in [-0.05, 0) is 45.8 Å². The number of phenols is 1. The second-order valence-corrected chi connectivity index (χ2v) is 5.86. The second kappa shape index (κ2) is 7.53. The molecule has 0 aliphatic heterocycles. The molecule has 0 aliphatic rings. The molecule has 23 heavy (non-hydrogen) atoms. The molecule has 120 valence electrons. The molecule has 6 heteroatoms. The van der Waals surface area contributed by atoms with Crippen molar-refractivity contribution in [1.29, 1.82) is 0 Å². The van der Waals surface area contributed by atoms with Crippen molar-refractivity contribution in [3.8, 4) is 17.2 Å². The van der Waals surface area contributed by atoms with Gasteiger partial charge < -0.3 is 14.6 Å². The zero-order chi connectivity index (χ0) is 17.0. The number of phenolic OH excluding ortho intramolecular Hbond substituents is 1. The highest BCUT2D eigenvalue weighted by Gasteiger charge is 2.14. The first-order chi connectivity index (χ1) is 11.0. The predicted molar refractivity (Wildman–Crippen MR) is 93.7 cm³/mol. The summed E-state index contributed by atoms with van der Waals surface area (Å²) < 4.78 is 10.9. The Balaban J connectivity index is 2.31. The van der Waals surface area contributed by atoms with Crippen molar-refractivity contribution in [3.63, 3.8) is 0 Å². The normalized spacial score (nSPS) is 10.8. The van der Waals surface area contributed by atoms with Gasteiger partial charge in [-0.2, -0.15) is 0 Å². The standard InChI is InChI=1S/C17H14BrClO4/c1-22-16-9-17(23-2)13(19)8-11(16)14(20)5-3-10-4-6-15(21)12(18)7-10/h3-9,21H,1-2H3/b5-3+. The van der Waals surface area contributed by atoms with Crippen molar-refractivity contribution in [1.82, 2.24) is 0 Å². The third-order valence-corrected chi connectivity index (χ3v) is 4.07. The van der Waals surface area contributed by atoms with E-state index in [1.165, 1.54) is 26.4 Å². The highest BCUT2D eigenvalue weighted by atomic mass is 79.9. The number of halogens is 2. The van der Waals surface area contributed by atoms with E-state index >= 15 is 0 Å². The SMILES string of the molecule is COc1cc(OC)c(C(=O)/C=C/c2ccc(O)c(Br)c2)cc1Cl. The molecular weight excluding hydrogens is 384 g/mol. The van der Waals surface area contributed by atoms with Crippen LogP contribution >= 0.6 is 27.5 Å². The number of carbonyl (C=O) groups excluding carboxylic acids is 1. The summed E-state index contributed by atoms with van der Waals surface area (Å²) >= 11 is 9.29. The molecule has 0 aromatic heterocycles. The maximum Gasteiger partial charge on any atom is 0.189 e. The van der Waals surface area contributed by atoms with Crippen LogP contribution in [0.1, 0.15) is 15.9 Å². The Morgan fingerprint density at radius 2 is 1.87 bits per heavy atom. The predicted octanol–water partition coefficient (Wildman–Crippen LogP) is 4.72. The topological polar surface area (TPSA) is 55.8 Å². The van der Waals surface area contributed by atoms with Crippen LogP contribution < -0.4 is 9.47 Å². The highest BCUT2D eigenvalue weighted by molar-refractivity contribution is 9.10. The van der Waals surface area contributed by atoms with Crippen LogP contribution in [0.15, 0.2) is 40.9 Å². The molecular formula is C17H14BrClO4. The van der Waals surface area contributed by atoms with Gasteiger partial charge in [-0.25, -0.2) is 0 Å². The second-order valence-electron chi connectivity index (χ2n) is 4.60. The lowest BCUT2D eigenvalue weighted by Gasteiger charge is -2.10. The zero-order valence-electron chi connectivity index (χ0n) is 12.5. The Hall–Kier alpha value is -1.98. The monoisotopic (exact) mass is 396 g/mol. The van der Waals surface area contributed by atoms with Crippen LogP contribution in [0, 0.1) is 0 Å². The largest absolute Gasteiger partial charge is 0.507 e. The molecule has 0 heterocycles. The molecule has 2 aromatic carbocycles. The summed E-state index contributed by atoms with van der Waals surface area (Å²) in [4.78, 5) is 12.4. The van der Waals surface area contributed by atoms with E-state index in [-0.39, 0.29) is 11.5 Å². The Labute approximate surface area is 147 Å². The van der Waals surface area contributed by atoms with E-state index in [0.29, 0.717) is 26.6 Å². The molecule has 0 atom stereocenters. The van der Waals surface area contributed by atoms with E-state index in [9.17, 15) is 9.90 Å². The number of ether oxygens (including phenoxy) is 2. The molecule has 0 amide bonds. The molecule has 0 spiro atoms. The Bertz CT molecular complexity index is 771. The van der Waals surface area contributed by atoms with Gasteiger partial charge in [0.15, 0.2) is 5.78 Å². The zero-order valence-corrected chi connectivity index (χ0v) is 14.8. The lowest BCUT2D eigenvalue weighted by atomic mass is 10.1. The van der Waals surface area contributed by atoms with E-state index in [0.717, 1.165) is 5.56 Å². The average molecular weight is 398 g/mol. The fraction of sp³-hybridized carbons (Fsp3) is 0.118. The number of allylic oxidation sites excluding steroid dienone is 1. The molecule has 0 unspecified atom stereocenters. The van der Waals surface area contributed by atoms with Crippen LogP contribution in [-0.2, 0) is 0 Å². The molecule has 0 saturated carbocycles. The van der Waals surface area contributed by atoms with Crippen molar-refractivity contribution < 1.29 is 19.4 Å². The van der Waals surface area contributed by atoms with Crippen molar-refractivity contribution in [2.24, 2.45) is 0 Å². The van der Waals surface area contributed by atoms with Crippen LogP contribution in [0.2, 0.25) is 5.02 Å². The van der Waals surface area contributed by atoms with Gasteiger partial charge >= 0.3 is 0 Å².